The van der Waals surface area contributed by atoms with Gasteiger partial charge in [-0.2, -0.15) is 0 Å². The van der Waals surface area contributed by atoms with E-state index in [0.717, 1.165) is 0 Å². The number of hydrogen-bond acceptors (Lipinski definition) is 7. The van der Waals surface area contributed by atoms with Gasteiger partial charge in [0.2, 0.25) is 0 Å². The highest BCUT2D eigenvalue weighted by atomic mass is 16.5. The fraction of sp³-hybridized carbons (Fsp3) is 0.353. The van der Waals surface area contributed by atoms with E-state index in [1.165, 1.54) is 26.4 Å². The molecule has 0 spiro atoms. The predicted molar refractivity (Wildman–Crippen MR) is 90.0 cm³/mol. The maximum atomic E-state index is 12.3. The molecule has 26 heavy (non-hydrogen) atoms. The lowest BCUT2D eigenvalue weighted by molar-refractivity contribution is -0.138. The molecule has 0 radical (unpaired) electrons. The molecule has 2 N–H and O–H groups in total. The predicted octanol–water partition coefficient (Wildman–Crippen LogP) is 0.991. The number of rotatable bonds is 7. The van der Waals surface area contributed by atoms with Gasteiger partial charge in [0.25, 0.3) is 0 Å². The number of nitrogens with one attached hydrogen (secondary N) is 2. The highest BCUT2D eigenvalue weighted by molar-refractivity contribution is 5.94. The van der Waals surface area contributed by atoms with Crippen LogP contribution in [-0.4, -0.2) is 51.9 Å². The molecule has 140 valence electrons. The number of esters is 2. The Hall–Kier alpha value is -3.23. The van der Waals surface area contributed by atoms with Gasteiger partial charge in [0.05, 0.1) is 44.2 Å². The van der Waals surface area contributed by atoms with E-state index >= 15 is 0 Å². The molecule has 0 saturated carbocycles. The summed E-state index contributed by atoms with van der Waals surface area (Å²) in [6.45, 7) is 1.57. The smallest absolute Gasteiger partial charge is 0.338 e. The van der Waals surface area contributed by atoms with E-state index in [1.54, 1.807) is 13.0 Å². The molecule has 2 amide bonds. The van der Waals surface area contributed by atoms with Gasteiger partial charge in [-0.3, -0.25) is 0 Å². The Morgan fingerprint density at radius 3 is 2.46 bits per heavy atom. The minimum atomic E-state index is -0.644. The topological polar surface area (TPSA) is 112 Å². The molecule has 0 bridgehead atoms. The van der Waals surface area contributed by atoms with Crippen LogP contribution in [0.4, 0.5) is 4.79 Å². The van der Waals surface area contributed by atoms with Gasteiger partial charge in [-0.05, 0) is 25.1 Å². The molecular weight excluding hydrogens is 344 g/mol. The zero-order valence-corrected chi connectivity index (χ0v) is 14.7. The number of carbonyl (C=O) groups is 3. The van der Waals surface area contributed by atoms with Gasteiger partial charge in [0.15, 0.2) is 11.5 Å². The Kier molecular flexibility index (Phi) is 6.42. The highest BCUT2D eigenvalue weighted by Crippen LogP contribution is 2.27. The number of hydrogen-bond donors (Lipinski definition) is 2. The molecule has 9 nitrogen and oxygen atoms in total. The second kappa shape index (κ2) is 8.75. The van der Waals surface area contributed by atoms with Gasteiger partial charge in [0.1, 0.15) is 6.61 Å². The van der Waals surface area contributed by atoms with Crippen molar-refractivity contribution in [3.8, 4) is 11.5 Å². The first kappa shape index (κ1) is 19.1. The summed E-state index contributed by atoms with van der Waals surface area (Å²) in [6.07, 6.45) is 0. The van der Waals surface area contributed by atoms with Crippen LogP contribution in [0.5, 0.6) is 11.5 Å². The molecule has 0 fully saturated rings. The fourth-order valence-electron chi connectivity index (χ4n) is 2.25. The first-order chi connectivity index (χ1) is 12.5. The third kappa shape index (κ3) is 4.44. The summed E-state index contributed by atoms with van der Waals surface area (Å²) in [4.78, 5) is 35.7. The molecule has 0 aliphatic carbocycles. The average Bonchev–Trinajstić information content (AvgIpc) is 2.65. The SMILES string of the molecule is CCOC(=O)C1=C(COC(=O)c2ccc(OC)c(OC)c2)NC(=O)NC1. The van der Waals surface area contributed by atoms with Gasteiger partial charge in [0, 0.05) is 0 Å². The summed E-state index contributed by atoms with van der Waals surface area (Å²) in [7, 11) is 2.94. The van der Waals surface area contributed by atoms with E-state index in [0.29, 0.717) is 11.5 Å². The Bertz CT molecular complexity index is 743. The van der Waals surface area contributed by atoms with Crippen molar-refractivity contribution in [2.24, 2.45) is 0 Å². The second-order valence-corrected chi connectivity index (χ2v) is 5.13. The summed E-state index contributed by atoms with van der Waals surface area (Å²) in [5.41, 5.74) is 0.619. The van der Waals surface area contributed by atoms with E-state index in [2.05, 4.69) is 10.6 Å². The molecule has 1 heterocycles. The van der Waals surface area contributed by atoms with Crippen LogP contribution in [0.2, 0.25) is 0 Å². The van der Waals surface area contributed by atoms with Gasteiger partial charge in [-0.1, -0.05) is 0 Å². The Balaban J connectivity index is 2.13. The van der Waals surface area contributed by atoms with Crippen LogP contribution in [0, 0.1) is 0 Å². The molecule has 1 aliphatic heterocycles. The number of benzene rings is 1. The molecule has 0 unspecified atom stereocenters. The van der Waals surface area contributed by atoms with Gasteiger partial charge < -0.3 is 29.6 Å². The largest absolute Gasteiger partial charge is 0.493 e. The summed E-state index contributed by atoms with van der Waals surface area (Å²) in [5, 5.41) is 4.93. The molecule has 1 aromatic carbocycles. The maximum Gasteiger partial charge on any atom is 0.338 e. The molecule has 0 atom stereocenters. The molecule has 1 aliphatic rings. The summed E-state index contributed by atoms with van der Waals surface area (Å²) in [6, 6.07) is 4.08. The minimum absolute atomic E-state index is 0.00604. The lowest BCUT2D eigenvalue weighted by Gasteiger charge is -2.21. The van der Waals surface area contributed by atoms with Crippen LogP contribution >= 0.6 is 0 Å². The van der Waals surface area contributed by atoms with Crippen LogP contribution in [0.25, 0.3) is 0 Å². The quantitative estimate of drug-likeness (QED) is 0.694. The summed E-state index contributed by atoms with van der Waals surface area (Å²) >= 11 is 0. The minimum Gasteiger partial charge on any atom is -0.493 e. The molecular formula is C17H20N2O7. The van der Waals surface area contributed by atoms with Crippen LogP contribution < -0.4 is 20.1 Å². The molecule has 1 aromatic rings. The van der Waals surface area contributed by atoms with E-state index in [4.69, 9.17) is 18.9 Å². The number of amides is 2. The normalized spacial score (nSPS) is 13.4. The van der Waals surface area contributed by atoms with Crippen LogP contribution in [0.15, 0.2) is 29.5 Å². The summed E-state index contributed by atoms with van der Waals surface area (Å²) < 4.78 is 20.4. The van der Waals surface area contributed by atoms with Gasteiger partial charge >= 0.3 is 18.0 Å². The monoisotopic (exact) mass is 364 g/mol. The zero-order valence-electron chi connectivity index (χ0n) is 14.7. The van der Waals surface area contributed by atoms with Crippen molar-refractivity contribution in [3.63, 3.8) is 0 Å². The molecule has 2 rings (SSSR count). The third-order valence-electron chi connectivity index (χ3n) is 3.54. The van der Waals surface area contributed by atoms with Crippen LogP contribution in [0.1, 0.15) is 17.3 Å². The van der Waals surface area contributed by atoms with Crippen LogP contribution in [-0.2, 0) is 14.3 Å². The highest BCUT2D eigenvalue weighted by Gasteiger charge is 2.24. The Morgan fingerprint density at radius 2 is 1.81 bits per heavy atom. The Morgan fingerprint density at radius 1 is 1.08 bits per heavy atom. The van der Waals surface area contributed by atoms with E-state index < -0.39 is 18.0 Å². The molecule has 0 aromatic heterocycles. The van der Waals surface area contributed by atoms with Crippen molar-refractivity contribution in [3.05, 3.63) is 35.0 Å². The van der Waals surface area contributed by atoms with E-state index in [-0.39, 0.29) is 36.6 Å². The maximum absolute atomic E-state index is 12.3. The van der Waals surface area contributed by atoms with Gasteiger partial charge in [-0.15, -0.1) is 0 Å². The average molecular weight is 364 g/mol. The standard InChI is InChI=1S/C17H20N2O7/c1-4-25-16(21)11-8-18-17(22)19-12(11)9-26-15(20)10-5-6-13(23-2)14(7-10)24-3/h5-7H,4,8-9H2,1-3H3,(H2,18,19,22). The van der Waals surface area contributed by atoms with E-state index in [9.17, 15) is 14.4 Å². The Labute approximate surface area is 150 Å². The number of carbonyl (C=O) groups excluding carboxylic acids is 3. The zero-order chi connectivity index (χ0) is 19.1. The lowest BCUT2D eigenvalue weighted by atomic mass is 10.1. The van der Waals surface area contributed by atoms with E-state index in [1.807, 2.05) is 0 Å². The second-order valence-electron chi connectivity index (χ2n) is 5.13. The van der Waals surface area contributed by atoms with Crippen molar-refractivity contribution in [1.82, 2.24) is 10.6 Å². The summed E-state index contributed by atoms with van der Waals surface area (Å²) in [5.74, 6) is -0.378. The van der Waals surface area contributed by atoms with Crippen LogP contribution in [0.3, 0.4) is 0 Å². The molecule has 9 heteroatoms. The first-order valence-electron chi connectivity index (χ1n) is 7.83. The van der Waals surface area contributed by atoms with Crippen molar-refractivity contribution in [2.75, 3.05) is 34.0 Å². The van der Waals surface area contributed by atoms with Gasteiger partial charge in [-0.25, -0.2) is 14.4 Å². The van der Waals surface area contributed by atoms with Crippen molar-refractivity contribution in [1.29, 1.82) is 0 Å². The number of ether oxygens (including phenoxy) is 4. The van der Waals surface area contributed by atoms with Crippen molar-refractivity contribution in [2.45, 2.75) is 6.92 Å². The number of methoxy groups -OCH3 is 2. The molecule has 0 saturated heterocycles. The fourth-order valence-corrected chi connectivity index (χ4v) is 2.25. The van der Waals surface area contributed by atoms with Crippen molar-refractivity contribution >= 4 is 18.0 Å². The lowest BCUT2D eigenvalue weighted by Crippen LogP contribution is -2.45. The first-order valence-corrected chi connectivity index (χ1v) is 7.83. The number of urea groups is 1. The van der Waals surface area contributed by atoms with Crippen molar-refractivity contribution < 1.29 is 33.3 Å². The third-order valence-corrected chi connectivity index (χ3v) is 3.54.